The molecule has 1 aliphatic rings. The Balaban J connectivity index is 2.20. The van der Waals surface area contributed by atoms with Gasteiger partial charge in [-0.25, -0.2) is 0 Å². The predicted octanol–water partition coefficient (Wildman–Crippen LogP) is 5.40. The molecule has 1 N–H and O–H groups in total. The minimum absolute atomic E-state index is 0.0275. The molecule has 4 nitrogen and oxygen atoms in total. The number of carbonyl (C=O) groups excluding carboxylic acids is 1. The number of unbranched alkanes of at least 4 members (excludes halogenated alkanes) is 1. The zero-order chi connectivity index (χ0) is 20.9. The summed E-state index contributed by atoms with van der Waals surface area (Å²) in [6.45, 7) is 4.38. The van der Waals surface area contributed by atoms with Crippen molar-refractivity contribution in [1.29, 1.82) is 0 Å². The summed E-state index contributed by atoms with van der Waals surface area (Å²) >= 11 is 1.64. The Morgan fingerprint density at radius 3 is 2.38 bits per heavy atom. The topological polar surface area (TPSA) is 47.6 Å². The van der Waals surface area contributed by atoms with Crippen LogP contribution >= 0.6 is 11.8 Å². The van der Waals surface area contributed by atoms with Gasteiger partial charge in [0.1, 0.15) is 6.29 Å². The van der Waals surface area contributed by atoms with E-state index in [9.17, 15) is 4.79 Å². The molecular weight excluding hydrogens is 382 g/mol. The van der Waals surface area contributed by atoms with E-state index in [4.69, 9.17) is 9.47 Å². The molecule has 0 aliphatic carbocycles. The highest BCUT2D eigenvalue weighted by molar-refractivity contribution is 8.00. The van der Waals surface area contributed by atoms with E-state index in [-0.39, 0.29) is 16.8 Å². The van der Waals surface area contributed by atoms with Crippen LogP contribution in [0.25, 0.3) is 0 Å². The van der Waals surface area contributed by atoms with Crippen molar-refractivity contribution in [2.45, 2.75) is 61.3 Å². The average molecular weight is 414 g/mol. The molecule has 0 unspecified atom stereocenters. The van der Waals surface area contributed by atoms with Gasteiger partial charge >= 0.3 is 0 Å². The second-order valence-corrected chi connectivity index (χ2v) is 8.70. The summed E-state index contributed by atoms with van der Waals surface area (Å²) in [6, 6.07) is 14.5. The molecule has 0 amide bonds. The van der Waals surface area contributed by atoms with Crippen molar-refractivity contribution in [1.82, 2.24) is 5.32 Å². The van der Waals surface area contributed by atoms with Crippen molar-refractivity contribution in [2.24, 2.45) is 0 Å². The minimum atomic E-state index is -0.275. The molecule has 0 fully saturated rings. The lowest BCUT2D eigenvalue weighted by molar-refractivity contribution is -0.108. The number of benzene rings is 2. The maximum atomic E-state index is 12.3. The van der Waals surface area contributed by atoms with Crippen molar-refractivity contribution in [3.8, 4) is 11.5 Å². The molecule has 3 atom stereocenters. The van der Waals surface area contributed by atoms with Crippen molar-refractivity contribution >= 4 is 18.0 Å². The van der Waals surface area contributed by atoms with E-state index < -0.39 is 0 Å². The van der Waals surface area contributed by atoms with Gasteiger partial charge in [-0.15, -0.1) is 11.8 Å². The van der Waals surface area contributed by atoms with Gasteiger partial charge in [0.05, 0.1) is 25.5 Å². The first kappa shape index (κ1) is 21.7. The molecule has 0 saturated carbocycles. The first-order chi connectivity index (χ1) is 14.1. The second kappa shape index (κ2) is 9.68. The quantitative estimate of drug-likeness (QED) is 0.588. The number of fused-ring (bicyclic) bond motifs is 1. The van der Waals surface area contributed by atoms with E-state index in [0.717, 1.165) is 42.4 Å². The highest BCUT2D eigenvalue weighted by Gasteiger charge is 2.43. The highest BCUT2D eigenvalue weighted by atomic mass is 32.2. The number of carbonyl (C=O) groups is 1. The fraction of sp³-hybridized carbons (Fsp3) is 0.458. The van der Waals surface area contributed by atoms with Crippen molar-refractivity contribution in [3.05, 3.63) is 53.6 Å². The Morgan fingerprint density at radius 1 is 1.10 bits per heavy atom. The third kappa shape index (κ3) is 4.31. The zero-order valence-corrected chi connectivity index (χ0v) is 18.6. The number of ether oxygens (including phenoxy) is 2. The van der Waals surface area contributed by atoms with Crippen LogP contribution in [-0.2, 0) is 4.79 Å². The Morgan fingerprint density at radius 2 is 1.79 bits per heavy atom. The number of methoxy groups -OCH3 is 2. The summed E-state index contributed by atoms with van der Waals surface area (Å²) in [6.07, 6.45) is 5.14. The Kier molecular flexibility index (Phi) is 7.25. The van der Waals surface area contributed by atoms with Crippen LogP contribution < -0.4 is 14.8 Å². The monoisotopic (exact) mass is 413 g/mol. The fourth-order valence-electron chi connectivity index (χ4n) is 4.15. The molecule has 0 spiro atoms. The first-order valence-corrected chi connectivity index (χ1v) is 11.2. The smallest absolute Gasteiger partial charge is 0.161 e. The largest absolute Gasteiger partial charge is 0.493 e. The van der Waals surface area contributed by atoms with Gasteiger partial charge in [-0.05, 0) is 36.1 Å². The lowest BCUT2D eigenvalue weighted by Gasteiger charge is -2.39. The predicted molar refractivity (Wildman–Crippen MR) is 119 cm³/mol. The highest BCUT2D eigenvalue weighted by Crippen LogP contribution is 2.47. The van der Waals surface area contributed by atoms with Gasteiger partial charge in [0.25, 0.3) is 0 Å². The van der Waals surface area contributed by atoms with Crippen LogP contribution in [0.1, 0.15) is 56.7 Å². The van der Waals surface area contributed by atoms with Gasteiger partial charge in [0, 0.05) is 10.4 Å². The molecule has 156 valence electrons. The zero-order valence-electron chi connectivity index (χ0n) is 17.7. The Bertz CT molecular complexity index is 826. The summed E-state index contributed by atoms with van der Waals surface area (Å²) in [5.41, 5.74) is 2.03. The van der Waals surface area contributed by atoms with Gasteiger partial charge in [0.2, 0.25) is 0 Å². The fourth-order valence-corrected chi connectivity index (χ4v) is 5.55. The van der Waals surface area contributed by atoms with E-state index in [1.807, 2.05) is 12.1 Å². The van der Waals surface area contributed by atoms with Crippen molar-refractivity contribution in [2.75, 3.05) is 14.2 Å². The van der Waals surface area contributed by atoms with Crippen LogP contribution in [-0.4, -0.2) is 31.3 Å². The lowest BCUT2D eigenvalue weighted by atomic mass is 9.84. The molecule has 5 heteroatoms. The van der Waals surface area contributed by atoms with E-state index in [1.165, 1.54) is 5.56 Å². The first-order valence-electron chi connectivity index (χ1n) is 10.3. The van der Waals surface area contributed by atoms with Crippen LogP contribution in [0.15, 0.2) is 47.4 Å². The summed E-state index contributed by atoms with van der Waals surface area (Å²) in [4.78, 5) is 13.3. The van der Waals surface area contributed by atoms with Crippen LogP contribution in [0.3, 0.4) is 0 Å². The van der Waals surface area contributed by atoms with E-state index >= 15 is 0 Å². The van der Waals surface area contributed by atoms with Crippen molar-refractivity contribution < 1.29 is 14.3 Å². The maximum absolute atomic E-state index is 12.3. The van der Waals surface area contributed by atoms with Gasteiger partial charge in [-0.1, -0.05) is 57.0 Å². The molecule has 1 heterocycles. The van der Waals surface area contributed by atoms with Crippen LogP contribution in [0.2, 0.25) is 0 Å². The molecule has 0 bridgehead atoms. The molecule has 0 radical (unpaired) electrons. The molecular formula is C24H31NO3S. The summed E-state index contributed by atoms with van der Waals surface area (Å²) < 4.78 is 11.1. The Labute approximate surface area is 178 Å². The van der Waals surface area contributed by atoms with Crippen LogP contribution in [0.5, 0.6) is 11.5 Å². The van der Waals surface area contributed by atoms with Crippen LogP contribution in [0.4, 0.5) is 0 Å². The molecule has 2 aromatic rings. The third-order valence-electron chi connectivity index (χ3n) is 5.92. The lowest BCUT2D eigenvalue weighted by Crippen LogP contribution is -2.53. The molecule has 3 rings (SSSR count). The number of nitrogens with one attached hydrogen (secondary N) is 1. The second-order valence-electron chi connectivity index (χ2n) is 7.52. The van der Waals surface area contributed by atoms with Gasteiger partial charge < -0.3 is 14.3 Å². The average Bonchev–Trinajstić information content (AvgIpc) is 2.91. The third-order valence-corrected chi connectivity index (χ3v) is 7.34. The number of hydrogen-bond donors (Lipinski definition) is 1. The number of aldehydes is 1. The number of thioether (sulfide) groups is 1. The van der Waals surface area contributed by atoms with Gasteiger partial charge in [-0.2, -0.15) is 0 Å². The minimum Gasteiger partial charge on any atom is -0.493 e. The van der Waals surface area contributed by atoms with Crippen LogP contribution in [0, 0.1) is 0 Å². The Hall–Kier alpha value is -1.98. The molecule has 2 aromatic carbocycles. The molecule has 0 aromatic heterocycles. The maximum Gasteiger partial charge on any atom is 0.161 e. The molecule has 0 saturated heterocycles. The van der Waals surface area contributed by atoms with Crippen molar-refractivity contribution in [3.63, 3.8) is 0 Å². The number of rotatable bonds is 8. The molecule has 29 heavy (non-hydrogen) atoms. The summed E-state index contributed by atoms with van der Waals surface area (Å²) in [5.74, 6) is 1.39. The van der Waals surface area contributed by atoms with E-state index in [1.54, 1.807) is 26.0 Å². The normalized spacial score (nSPS) is 23.7. The number of hydrogen-bond acceptors (Lipinski definition) is 5. The summed E-state index contributed by atoms with van der Waals surface area (Å²) in [5, 5.41) is 3.75. The van der Waals surface area contributed by atoms with Gasteiger partial charge in [0.15, 0.2) is 11.5 Å². The van der Waals surface area contributed by atoms with Gasteiger partial charge in [-0.3, -0.25) is 5.32 Å². The van der Waals surface area contributed by atoms with E-state index in [2.05, 4.69) is 49.5 Å². The summed E-state index contributed by atoms with van der Waals surface area (Å²) in [7, 11) is 3.30. The standard InChI is InChI=1S/C24H31NO3S/c1-5-7-13-24(6-2)22(16-26)29-21-15-20(28-4)19(27-3)14-18(21)23(25-24)17-11-9-8-10-12-17/h8-12,14-16,22-23,25H,5-7,13H2,1-4H3/t22-,23+,24+/m0/s1. The SMILES string of the molecule is CCCC[C@@]1(CC)N[C@H](c2ccccc2)c2cc(OC)c(OC)cc2S[C@H]1C=O. The molecule has 1 aliphatic heterocycles. The van der Waals surface area contributed by atoms with E-state index in [0.29, 0.717) is 11.5 Å².